The minimum atomic E-state index is -2.78. The first-order valence-electron chi connectivity index (χ1n) is 7.36. The van der Waals surface area contributed by atoms with Crippen LogP contribution in [0.15, 0.2) is 51.1 Å². The second-order valence-electron chi connectivity index (χ2n) is 4.93. The average Bonchev–Trinajstić information content (AvgIpc) is 3.25. The van der Waals surface area contributed by atoms with Crippen molar-refractivity contribution in [1.82, 2.24) is 14.9 Å². The minimum Gasteiger partial charge on any atom is -0.484 e. The van der Waals surface area contributed by atoms with Crippen molar-refractivity contribution < 1.29 is 17.9 Å². The van der Waals surface area contributed by atoms with Crippen LogP contribution in [0.5, 0.6) is 5.75 Å². The third-order valence-electron chi connectivity index (χ3n) is 3.20. The van der Waals surface area contributed by atoms with Gasteiger partial charge in [0.2, 0.25) is 11.0 Å². The molecule has 0 amide bonds. The number of aromatic nitrogens is 3. The van der Waals surface area contributed by atoms with E-state index in [1.54, 1.807) is 36.6 Å². The standard InChI is InChI=1S/C16H13ClF2N4O2S/c1-26-16-22-21-15(14(18)19)23(16)20-8-10-6-7-11(25-10)9-24-13-5-3-2-4-12(13)17/h2-8,14H,9H2,1H3/b20-8-. The molecular formula is C16H13ClF2N4O2S. The van der Waals surface area contributed by atoms with E-state index in [9.17, 15) is 8.78 Å². The van der Waals surface area contributed by atoms with Gasteiger partial charge in [-0.15, -0.1) is 10.2 Å². The third kappa shape index (κ3) is 4.23. The number of hydrogen-bond acceptors (Lipinski definition) is 6. The summed E-state index contributed by atoms with van der Waals surface area (Å²) in [4.78, 5) is 0. The van der Waals surface area contributed by atoms with E-state index in [0.29, 0.717) is 22.3 Å². The van der Waals surface area contributed by atoms with Crippen LogP contribution in [0.25, 0.3) is 0 Å². The largest absolute Gasteiger partial charge is 0.484 e. The maximum atomic E-state index is 12.9. The molecule has 10 heteroatoms. The molecule has 0 spiro atoms. The van der Waals surface area contributed by atoms with Gasteiger partial charge in [0, 0.05) is 0 Å². The van der Waals surface area contributed by atoms with E-state index in [1.807, 2.05) is 6.07 Å². The Morgan fingerprint density at radius 3 is 2.85 bits per heavy atom. The van der Waals surface area contributed by atoms with Crippen molar-refractivity contribution in [3.63, 3.8) is 0 Å². The third-order valence-corrected chi connectivity index (χ3v) is 4.14. The van der Waals surface area contributed by atoms with Gasteiger partial charge in [-0.1, -0.05) is 35.5 Å². The zero-order valence-electron chi connectivity index (χ0n) is 13.5. The van der Waals surface area contributed by atoms with E-state index in [-0.39, 0.29) is 11.8 Å². The summed E-state index contributed by atoms with van der Waals surface area (Å²) < 4.78 is 38.0. The Labute approximate surface area is 156 Å². The number of alkyl halides is 2. The SMILES string of the molecule is CSc1nnc(C(F)F)n1/N=C\c1ccc(COc2ccccc2Cl)o1. The van der Waals surface area contributed by atoms with E-state index < -0.39 is 12.2 Å². The highest BCUT2D eigenvalue weighted by Gasteiger charge is 2.19. The molecule has 0 saturated heterocycles. The molecule has 26 heavy (non-hydrogen) atoms. The van der Waals surface area contributed by atoms with Gasteiger partial charge in [-0.3, -0.25) is 0 Å². The first-order valence-corrected chi connectivity index (χ1v) is 8.96. The van der Waals surface area contributed by atoms with Gasteiger partial charge in [0.15, 0.2) is 0 Å². The summed E-state index contributed by atoms with van der Waals surface area (Å²) in [6, 6.07) is 10.4. The molecule has 0 N–H and O–H groups in total. The van der Waals surface area contributed by atoms with Gasteiger partial charge in [-0.25, -0.2) is 8.78 Å². The summed E-state index contributed by atoms with van der Waals surface area (Å²) in [5.74, 6) is 0.925. The van der Waals surface area contributed by atoms with Gasteiger partial charge < -0.3 is 9.15 Å². The van der Waals surface area contributed by atoms with Crippen LogP contribution in [0.2, 0.25) is 5.02 Å². The van der Waals surface area contributed by atoms with Gasteiger partial charge in [-0.2, -0.15) is 9.78 Å². The number of halogens is 3. The monoisotopic (exact) mass is 398 g/mol. The molecular weight excluding hydrogens is 386 g/mol. The highest BCUT2D eigenvalue weighted by Crippen LogP contribution is 2.24. The Morgan fingerprint density at radius 2 is 2.12 bits per heavy atom. The van der Waals surface area contributed by atoms with Gasteiger partial charge in [0.1, 0.15) is 23.9 Å². The molecule has 0 aliphatic carbocycles. The molecule has 6 nitrogen and oxygen atoms in total. The Hall–Kier alpha value is -2.39. The minimum absolute atomic E-state index is 0.169. The lowest BCUT2D eigenvalue weighted by molar-refractivity contribution is 0.135. The van der Waals surface area contributed by atoms with Gasteiger partial charge in [0.25, 0.3) is 6.43 Å². The highest BCUT2D eigenvalue weighted by atomic mass is 35.5. The van der Waals surface area contributed by atoms with Gasteiger partial charge >= 0.3 is 0 Å². The molecule has 0 bridgehead atoms. The molecule has 0 aliphatic heterocycles. The van der Waals surface area contributed by atoms with Crippen molar-refractivity contribution in [2.24, 2.45) is 5.10 Å². The number of furan rings is 1. The van der Waals surface area contributed by atoms with E-state index >= 15 is 0 Å². The summed E-state index contributed by atoms with van der Waals surface area (Å²) in [6.45, 7) is 0.169. The second kappa shape index (κ2) is 8.33. The van der Waals surface area contributed by atoms with Crippen molar-refractivity contribution in [2.75, 3.05) is 6.26 Å². The fraction of sp³-hybridized carbons (Fsp3) is 0.188. The van der Waals surface area contributed by atoms with Crippen molar-refractivity contribution >= 4 is 29.6 Å². The van der Waals surface area contributed by atoms with Crippen molar-refractivity contribution in [1.29, 1.82) is 0 Å². The zero-order valence-corrected chi connectivity index (χ0v) is 15.0. The zero-order chi connectivity index (χ0) is 18.5. The molecule has 1 aromatic carbocycles. The van der Waals surface area contributed by atoms with E-state index in [0.717, 1.165) is 16.4 Å². The molecule has 0 unspecified atom stereocenters. The summed E-state index contributed by atoms with van der Waals surface area (Å²) >= 11 is 7.18. The number of thioether (sulfide) groups is 1. The Bertz CT molecular complexity index is 913. The van der Waals surface area contributed by atoms with Crippen LogP contribution in [-0.2, 0) is 6.61 Å². The predicted octanol–water partition coefficient (Wildman–Crippen LogP) is 4.65. The van der Waals surface area contributed by atoms with Gasteiger partial charge in [-0.05, 0) is 30.5 Å². The lowest BCUT2D eigenvalue weighted by atomic mass is 10.3. The number of hydrogen-bond donors (Lipinski definition) is 0. The maximum absolute atomic E-state index is 12.9. The van der Waals surface area contributed by atoms with Crippen LogP contribution in [-0.4, -0.2) is 27.3 Å². The highest BCUT2D eigenvalue weighted by molar-refractivity contribution is 7.98. The first kappa shape index (κ1) is 18.4. The van der Waals surface area contributed by atoms with Crippen molar-refractivity contribution in [2.45, 2.75) is 18.2 Å². The van der Waals surface area contributed by atoms with Crippen LogP contribution >= 0.6 is 23.4 Å². The lowest BCUT2D eigenvalue weighted by Crippen LogP contribution is -2.00. The van der Waals surface area contributed by atoms with Crippen molar-refractivity contribution in [3.8, 4) is 5.75 Å². The summed E-state index contributed by atoms with van der Waals surface area (Å²) in [5.41, 5.74) is 0. The molecule has 3 aromatic rings. The molecule has 2 heterocycles. The average molecular weight is 399 g/mol. The fourth-order valence-electron chi connectivity index (χ4n) is 2.02. The molecule has 2 aromatic heterocycles. The quantitative estimate of drug-likeness (QED) is 0.428. The maximum Gasteiger partial charge on any atom is 0.299 e. The van der Waals surface area contributed by atoms with Crippen molar-refractivity contribution in [3.05, 3.63) is 58.8 Å². The topological polar surface area (TPSA) is 65.4 Å². The summed E-state index contributed by atoms with van der Waals surface area (Å²) in [5, 5.41) is 11.8. The number of para-hydroxylation sites is 1. The normalized spacial score (nSPS) is 11.6. The summed E-state index contributed by atoms with van der Waals surface area (Å²) in [6.07, 6.45) is 0.229. The van der Waals surface area contributed by atoms with Crippen LogP contribution in [0.1, 0.15) is 23.8 Å². The number of benzene rings is 1. The van der Waals surface area contributed by atoms with Crippen LogP contribution < -0.4 is 4.74 Å². The second-order valence-corrected chi connectivity index (χ2v) is 6.11. The van der Waals surface area contributed by atoms with Crippen LogP contribution in [0, 0.1) is 0 Å². The van der Waals surface area contributed by atoms with E-state index in [1.165, 1.54) is 6.21 Å². The Balaban J connectivity index is 1.70. The number of rotatable bonds is 7. The summed E-state index contributed by atoms with van der Waals surface area (Å²) in [7, 11) is 0. The van der Waals surface area contributed by atoms with E-state index in [2.05, 4.69) is 15.3 Å². The predicted molar refractivity (Wildman–Crippen MR) is 94.2 cm³/mol. The molecule has 0 fully saturated rings. The Kier molecular flexibility index (Phi) is 5.89. The molecule has 0 atom stereocenters. The molecule has 0 aliphatic rings. The molecule has 0 radical (unpaired) electrons. The number of ether oxygens (including phenoxy) is 1. The van der Waals surface area contributed by atoms with Crippen LogP contribution in [0.3, 0.4) is 0 Å². The Morgan fingerprint density at radius 1 is 1.31 bits per heavy atom. The molecule has 136 valence electrons. The van der Waals surface area contributed by atoms with Crippen LogP contribution in [0.4, 0.5) is 8.78 Å². The van der Waals surface area contributed by atoms with Gasteiger partial charge in [0.05, 0.1) is 11.2 Å². The first-order chi connectivity index (χ1) is 12.6. The molecule has 3 rings (SSSR count). The smallest absolute Gasteiger partial charge is 0.299 e. The number of nitrogens with zero attached hydrogens (tertiary/aromatic N) is 4. The van der Waals surface area contributed by atoms with E-state index in [4.69, 9.17) is 20.8 Å². The fourth-order valence-corrected chi connectivity index (χ4v) is 2.64. The molecule has 0 saturated carbocycles. The lowest BCUT2D eigenvalue weighted by Gasteiger charge is -2.05.